The molecule has 0 atom stereocenters. The third kappa shape index (κ3) is 3.55. The summed E-state index contributed by atoms with van der Waals surface area (Å²) in [7, 11) is 3.16. The number of aryl methyl sites for hydroxylation is 2. The van der Waals surface area contributed by atoms with Crippen LogP contribution in [0.25, 0.3) is 22.3 Å². The molecule has 0 radical (unpaired) electrons. The summed E-state index contributed by atoms with van der Waals surface area (Å²) < 4.78 is 8.91. The summed E-state index contributed by atoms with van der Waals surface area (Å²) in [4.78, 5) is 41.5. The first-order valence-electron chi connectivity index (χ1n) is 9.36. The van der Waals surface area contributed by atoms with E-state index in [1.54, 1.807) is 7.05 Å². The lowest BCUT2D eigenvalue weighted by atomic mass is 10.0. The van der Waals surface area contributed by atoms with E-state index >= 15 is 0 Å². The number of carbonyl (C=O) groups is 1. The van der Waals surface area contributed by atoms with E-state index in [2.05, 4.69) is 4.98 Å². The summed E-state index contributed by atoms with van der Waals surface area (Å²) in [5.74, 6) is -0.664. The smallest absolute Gasteiger partial charge is 0.333 e. The molecule has 0 amide bonds. The number of hydrogen-bond donors (Lipinski definition) is 0. The third-order valence-electron chi connectivity index (χ3n) is 4.95. The van der Waals surface area contributed by atoms with Gasteiger partial charge in [-0.2, -0.15) is 0 Å². The number of fused-ring (bicyclic) bond motifs is 1. The standard InChI is InChI=1S/C22H20N4O4/c1-24-14-23-20-19(24)21(28)26(22(29)25(20)2)12-18(27)30-13-15-8-10-17(11-9-15)16-6-4-3-5-7-16/h3-11,14H,12-13H2,1-2H3. The zero-order valence-electron chi connectivity index (χ0n) is 16.6. The van der Waals surface area contributed by atoms with Crippen molar-refractivity contribution in [3.63, 3.8) is 0 Å². The number of ether oxygens (including phenoxy) is 1. The molecular weight excluding hydrogens is 384 g/mol. The van der Waals surface area contributed by atoms with E-state index in [9.17, 15) is 14.4 Å². The molecule has 0 bridgehead atoms. The van der Waals surface area contributed by atoms with Gasteiger partial charge in [-0.3, -0.25) is 14.2 Å². The predicted molar refractivity (Wildman–Crippen MR) is 112 cm³/mol. The Hall–Kier alpha value is -3.94. The fourth-order valence-electron chi connectivity index (χ4n) is 3.30. The fourth-order valence-corrected chi connectivity index (χ4v) is 3.30. The van der Waals surface area contributed by atoms with E-state index < -0.39 is 23.8 Å². The molecule has 2 heterocycles. The average molecular weight is 404 g/mol. The van der Waals surface area contributed by atoms with Crippen LogP contribution in [0.15, 0.2) is 70.5 Å². The van der Waals surface area contributed by atoms with E-state index in [1.807, 2.05) is 54.6 Å². The summed E-state index contributed by atoms with van der Waals surface area (Å²) in [6.07, 6.45) is 1.45. The first kappa shape index (κ1) is 19.4. The number of nitrogens with zero attached hydrogens (tertiary/aromatic N) is 4. The summed E-state index contributed by atoms with van der Waals surface area (Å²) in [6.45, 7) is -0.411. The van der Waals surface area contributed by atoms with Crippen LogP contribution < -0.4 is 11.2 Å². The Morgan fingerprint density at radius 1 is 0.967 bits per heavy atom. The van der Waals surface area contributed by atoms with Crippen LogP contribution in [0, 0.1) is 0 Å². The minimum atomic E-state index is -0.664. The molecule has 30 heavy (non-hydrogen) atoms. The highest BCUT2D eigenvalue weighted by atomic mass is 16.5. The van der Waals surface area contributed by atoms with Crippen LogP contribution in [0.3, 0.4) is 0 Å². The number of benzene rings is 2. The Kier molecular flexibility index (Phi) is 5.05. The second-order valence-electron chi connectivity index (χ2n) is 6.98. The van der Waals surface area contributed by atoms with E-state index in [0.717, 1.165) is 21.3 Å². The highest BCUT2D eigenvalue weighted by molar-refractivity contribution is 5.72. The van der Waals surface area contributed by atoms with Crippen LogP contribution in [-0.4, -0.2) is 24.7 Å². The molecule has 0 aliphatic heterocycles. The predicted octanol–water partition coefficient (Wildman–Crippen LogP) is 1.84. The Labute approximate surface area is 171 Å². The lowest BCUT2D eigenvalue weighted by molar-refractivity contribution is -0.145. The maximum Gasteiger partial charge on any atom is 0.333 e. The minimum absolute atomic E-state index is 0.0525. The second kappa shape index (κ2) is 7.82. The van der Waals surface area contributed by atoms with Crippen LogP contribution in [0.4, 0.5) is 0 Å². The molecule has 2 aromatic carbocycles. The van der Waals surface area contributed by atoms with Gasteiger partial charge in [0.15, 0.2) is 11.2 Å². The highest BCUT2D eigenvalue weighted by Crippen LogP contribution is 2.19. The van der Waals surface area contributed by atoms with E-state index in [4.69, 9.17) is 4.74 Å². The van der Waals surface area contributed by atoms with Crippen molar-refractivity contribution < 1.29 is 9.53 Å². The van der Waals surface area contributed by atoms with Crippen molar-refractivity contribution in [3.05, 3.63) is 87.3 Å². The van der Waals surface area contributed by atoms with Gasteiger partial charge in [0, 0.05) is 14.1 Å². The SMILES string of the molecule is Cn1cnc2c1c(=O)n(CC(=O)OCc1ccc(-c3ccccc3)cc1)c(=O)n2C. The van der Waals surface area contributed by atoms with Gasteiger partial charge in [0.2, 0.25) is 0 Å². The summed E-state index contributed by atoms with van der Waals surface area (Å²) in [5.41, 5.74) is 2.31. The van der Waals surface area contributed by atoms with Gasteiger partial charge in [-0.05, 0) is 16.7 Å². The molecule has 0 aliphatic rings. The molecule has 8 nitrogen and oxygen atoms in total. The number of aromatic nitrogens is 4. The number of rotatable bonds is 5. The van der Waals surface area contributed by atoms with Crippen molar-refractivity contribution in [2.45, 2.75) is 13.2 Å². The molecule has 0 saturated heterocycles. The zero-order chi connectivity index (χ0) is 21.3. The molecule has 0 saturated carbocycles. The van der Waals surface area contributed by atoms with Crippen molar-refractivity contribution in [3.8, 4) is 11.1 Å². The van der Waals surface area contributed by atoms with E-state index in [-0.39, 0.29) is 17.8 Å². The average Bonchev–Trinajstić information content (AvgIpc) is 3.16. The molecule has 0 N–H and O–H groups in total. The minimum Gasteiger partial charge on any atom is -0.459 e. The Morgan fingerprint density at radius 2 is 1.63 bits per heavy atom. The van der Waals surface area contributed by atoms with Crippen molar-refractivity contribution in [2.75, 3.05) is 0 Å². The largest absolute Gasteiger partial charge is 0.459 e. The molecule has 0 fully saturated rings. The second-order valence-corrected chi connectivity index (χ2v) is 6.98. The van der Waals surface area contributed by atoms with Gasteiger partial charge in [0.25, 0.3) is 5.56 Å². The fraction of sp³-hybridized carbons (Fsp3) is 0.182. The number of hydrogen-bond acceptors (Lipinski definition) is 5. The lowest BCUT2D eigenvalue weighted by Gasteiger charge is -2.09. The van der Waals surface area contributed by atoms with Gasteiger partial charge < -0.3 is 9.30 Å². The molecule has 0 unspecified atom stereocenters. The molecule has 4 aromatic rings. The molecule has 0 spiro atoms. The van der Waals surface area contributed by atoms with Crippen LogP contribution in [-0.2, 0) is 36.8 Å². The molecule has 4 rings (SSSR count). The van der Waals surface area contributed by atoms with E-state index in [1.165, 1.54) is 22.5 Å². The molecule has 152 valence electrons. The van der Waals surface area contributed by atoms with Gasteiger partial charge >= 0.3 is 11.7 Å². The third-order valence-corrected chi connectivity index (χ3v) is 4.95. The van der Waals surface area contributed by atoms with Crippen molar-refractivity contribution in [1.82, 2.24) is 18.7 Å². The highest BCUT2D eigenvalue weighted by Gasteiger charge is 2.17. The van der Waals surface area contributed by atoms with Gasteiger partial charge in [0.1, 0.15) is 13.2 Å². The van der Waals surface area contributed by atoms with E-state index in [0.29, 0.717) is 0 Å². The number of esters is 1. The van der Waals surface area contributed by atoms with Crippen LogP contribution >= 0.6 is 0 Å². The van der Waals surface area contributed by atoms with Gasteiger partial charge in [-0.25, -0.2) is 14.3 Å². The van der Waals surface area contributed by atoms with Crippen LogP contribution in [0.2, 0.25) is 0 Å². The number of carbonyl (C=O) groups excluding carboxylic acids is 1. The normalized spacial score (nSPS) is 11.0. The van der Waals surface area contributed by atoms with Gasteiger partial charge in [-0.15, -0.1) is 0 Å². The summed E-state index contributed by atoms with van der Waals surface area (Å²) in [6, 6.07) is 17.6. The van der Waals surface area contributed by atoms with Crippen molar-refractivity contribution in [2.24, 2.45) is 14.1 Å². The Morgan fingerprint density at radius 3 is 2.33 bits per heavy atom. The monoisotopic (exact) mass is 404 g/mol. The quantitative estimate of drug-likeness (QED) is 0.474. The molecule has 2 aromatic heterocycles. The van der Waals surface area contributed by atoms with Crippen molar-refractivity contribution in [1.29, 1.82) is 0 Å². The van der Waals surface area contributed by atoms with Crippen LogP contribution in [0.5, 0.6) is 0 Å². The molecule has 0 aliphatic carbocycles. The molecule has 8 heteroatoms. The first-order valence-corrected chi connectivity index (χ1v) is 9.36. The van der Waals surface area contributed by atoms with Gasteiger partial charge in [0.05, 0.1) is 6.33 Å². The van der Waals surface area contributed by atoms with Crippen molar-refractivity contribution >= 4 is 17.1 Å². The topological polar surface area (TPSA) is 88.1 Å². The van der Waals surface area contributed by atoms with Gasteiger partial charge in [-0.1, -0.05) is 54.6 Å². The van der Waals surface area contributed by atoms with Crippen LogP contribution in [0.1, 0.15) is 5.56 Å². The number of imidazole rings is 1. The maximum atomic E-state index is 12.6. The molecular formula is C22H20N4O4. The lowest BCUT2D eigenvalue weighted by Crippen LogP contribution is -2.41. The summed E-state index contributed by atoms with van der Waals surface area (Å²) in [5, 5.41) is 0. The Balaban J connectivity index is 1.48. The maximum absolute atomic E-state index is 12.6. The first-order chi connectivity index (χ1) is 14.5. The summed E-state index contributed by atoms with van der Waals surface area (Å²) >= 11 is 0. The Bertz CT molecular complexity index is 1330. The zero-order valence-corrected chi connectivity index (χ0v) is 16.6.